The van der Waals surface area contributed by atoms with Gasteiger partial charge in [-0.05, 0) is 63.7 Å². The Balaban J connectivity index is 1.68. The van der Waals surface area contributed by atoms with Gasteiger partial charge in [0.15, 0.2) is 0 Å². The fourth-order valence-electron chi connectivity index (χ4n) is 3.10. The van der Waals surface area contributed by atoms with Crippen LogP contribution >= 0.6 is 0 Å². The molecule has 0 aromatic carbocycles. The maximum absolute atomic E-state index is 10.2. The summed E-state index contributed by atoms with van der Waals surface area (Å²) in [6.07, 6.45) is 4.88. The molecule has 4 heteroatoms. The molecular weight excluding hydrogens is 254 g/mol. The molecule has 2 N–H and O–H groups in total. The van der Waals surface area contributed by atoms with E-state index in [-0.39, 0.29) is 5.60 Å². The smallest absolute Gasteiger partial charge is 0.216 e. The summed E-state index contributed by atoms with van der Waals surface area (Å²) in [6, 6.07) is 0. The number of piperidine rings is 1. The quantitative estimate of drug-likeness (QED) is 0.704. The molecule has 1 heterocycles. The van der Waals surface area contributed by atoms with Crippen molar-refractivity contribution in [2.45, 2.75) is 64.9 Å². The van der Waals surface area contributed by atoms with Crippen LogP contribution in [-0.2, 0) is 4.74 Å². The van der Waals surface area contributed by atoms with Crippen LogP contribution in [0.5, 0.6) is 0 Å². The van der Waals surface area contributed by atoms with Gasteiger partial charge in [-0.1, -0.05) is 6.92 Å². The second kappa shape index (κ2) is 6.73. The van der Waals surface area contributed by atoms with Crippen molar-refractivity contribution in [3.8, 4) is 0 Å². The lowest BCUT2D eigenvalue weighted by atomic mass is 9.91. The van der Waals surface area contributed by atoms with Gasteiger partial charge in [0.05, 0.1) is 5.60 Å². The highest BCUT2D eigenvalue weighted by atomic mass is 16.6. The van der Waals surface area contributed by atoms with E-state index in [9.17, 15) is 5.11 Å². The molecule has 1 aliphatic heterocycles. The van der Waals surface area contributed by atoms with Crippen molar-refractivity contribution in [2.24, 2.45) is 17.8 Å². The fourth-order valence-corrected chi connectivity index (χ4v) is 3.10. The van der Waals surface area contributed by atoms with Gasteiger partial charge in [0.1, 0.15) is 0 Å². The van der Waals surface area contributed by atoms with E-state index in [0.717, 1.165) is 44.2 Å². The van der Waals surface area contributed by atoms with E-state index in [1.807, 2.05) is 18.7 Å². The standard InChI is InChI=1S/C16H31NO3/c1-4-16(2,3)20-15(19)17-7-5-12(6-8-17)9-13-10-14(13)11-18/h12-15,18-19H,4-11H2,1-3H3. The van der Waals surface area contributed by atoms with Gasteiger partial charge in [-0.15, -0.1) is 0 Å². The lowest BCUT2D eigenvalue weighted by Crippen LogP contribution is -2.46. The van der Waals surface area contributed by atoms with Crippen molar-refractivity contribution in [2.75, 3.05) is 19.7 Å². The molecule has 0 aromatic heterocycles. The number of likely N-dealkylation sites (tertiary alicyclic amines) is 1. The average Bonchev–Trinajstić information content (AvgIpc) is 3.17. The Morgan fingerprint density at radius 1 is 1.25 bits per heavy atom. The van der Waals surface area contributed by atoms with Crippen LogP contribution in [0.25, 0.3) is 0 Å². The van der Waals surface area contributed by atoms with Crippen LogP contribution < -0.4 is 0 Å². The summed E-state index contributed by atoms with van der Waals surface area (Å²) in [6.45, 7) is 8.31. The lowest BCUT2D eigenvalue weighted by molar-refractivity contribution is -0.248. The molecule has 1 saturated heterocycles. The Bertz CT molecular complexity index is 300. The summed E-state index contributed by atoms with van der Waals surface area (Å²) in [4.78, 5) is 2.05. The summed E-state index contributed by atoms with van der Waals surface area (Å²) in [5.74, 6) is 2.10. The fraction of sp³-hybridized carbons (Fsp3) is 1.00. The Kier molecular flexibility index (Phi) is 5.46. The first-order valence-corrected chi connectivity index (χ1v) is 8.16. The molecule has 0 radical (unpaired) electrons. The molecule has 20 heavy (non-hydrogen) atoms. The van der Waals surface area contributed by atoms with Crippen LogP contribution in [0.3, 0.4) is 0 Å². The van der Waals surface area contributed by atoms with Crippen LogP contribution in [0.4, 0.5) is 0 Å². The minimum absolute atomic E-state index is 0.265. The number of aliphatic hydroxyl groups excluding tert-OH is 2. The third-order valence-electron chi connectivity index (χ3n) is 5.18. The Morgan fingerprint density at radius 3 is 2.40 bits per heavy atom. The highest BCUT2D eigenvalue weighted by molar-refractivity contribution is 4.88. The van der Waals surface area contributed by atoms with E-state index in [0.29, 0.717) is 12.5 Å². The number of nitrogens with zero attached hydrogens (tertiary/aromatic N) is 1. The van der Waals surface area contributed by atoms with Gasteiger partial charge >= 0.3 is 0 Å². The van der Waals surface area contributed by atoms with Gasteiger partial charge in [0.25, 0.3) is 0 Å². The van der Waals surface area contributed by atoms with Crippen LogP contribution in [-0.4, -0.2) is 46.8 Å². The molecule has 1 saturated carbocycles. The molecule has 2 fully saturated rings. The summed E-state index contributed by atoms with van der Waals surface area (Å²) in [7, 11) is 0. The molecule has 2 aliphatic rings. The molecule has 3 atom stereocenters. The van der Waals surface area contributed by atoms with Crippen molar-refractivity contribution in [1.82, 2.24) is 4.90 Å². The van der Waals surface area contributed by atoms with E-state index in [2.05, 4.69) is 6.92 Å². The number of ether oxygens (including phenoxy) is 1. The molecule has 118 valence electrons. The van der Waals surface area contributed by atoms with E-state index < -0.39 is 6.41 Å². The second-order valence-corrected chi connectivity index (χ2v) is 7.21. The maximum atomic E-state index is 10.2. The SMILES string of the molecule is CCC(C)(C)OC(O)N1CCC(CC2CC2CO)CC1. The van der Waals surface area contributed by atoms with Crippen LogP contribution in [0.2, 0.25) is 0 Å². The van der Waals surface area contributed by atoms with Crippen LogP contribution in [0, 0.1) is 17.8 Å². The van der Waals surface area contributed by atoms with Crippen molar-refractivity contribution >= 4 is 0 Å². The van der Waals surface area contributed by atoms with E-state index >= 15 is 0 Å². The van der Waals surface area contributed by atoms with E-state index in [1.165, 1.54) is 12.8 Å². The van der Waals surface area contributed by atoms with Gasteiger partial charge in [0.2, 0.25) is 6.41 Å². The van der Waals surface area contributed by atoms with Crippen molar-refractivity contribution in [3.05, 3.63) is 0 Å². The lowest BCUT2D eigenvalue weighted by Gasteiger charge is -2.38. The minimum Gasteiger partial charge on any atom is -0.396 e. The summed E-state index contributed by atoms with van der Waals surface area (Å²) >= 11 is 0. The van der Waals surface area contributed by atoms with Crippen LogP contribution in [0.15, 0.2) is 0 Å². The third-order valence-corrected chi connectivity index (χ3v) is 5.18. The predicted molar refractivity (Wildman–Crippen MR) is 79.1 cm³/mol. The normalized spacial score (nSPS) is 30.4. The average molecular weight is 285 g/mol. The zero-order valence-electron chi connectivity index (χ0n) is 13.2. The zero-order valence-corrected chi connectivity index (χ0v) is 13.2. The molecule has 3 unspecified atom stereocenters. The summed E-state index contributed by atoms with van der Waals surface area (Å²) in [5.41, 5.74) is -0.265. The molecule has 2 rings (SSSR count). The minimum atomic E-state index is -0.767. The summed E-state index contributed by atoms with van der Waals surface area (Å²) < 4.78 is 5.74. The van der Waals surface area contributed by atoms with Crippen molar-refractivity contribution in [1.29, 1.82) is 0 Å². The Hall–Kier alpha value is -0.160. The van der Waals surface area contributed by atoms with Crippen molar-refractivity contribution in [3.63, 3.8) is 0 Å². The zero-order chi connectivity index (χ0) is 14.8. The number of aliphatic hydroxyl groups is 2. The number of hydrogen-bond donors (Lipinski definition) is 2. The highest BCUT2D eigenvalue weighted by Gasteiger charge is 2.38. The predicted octanol–water partition coefficient (Wildman–Crippen LogP) is 2.20. The molecule has 4 nitrogen and oxygen atoms in total. The molecule has 0 bridgehead atoms. The van der Waals surface area contributed by atoms with Gasteiger partial charge in [-0.25, -0.2) is 0 Å². The number of rotatable bonds is 7. The monoisotopic (exact) mass is 285 g/mol. The Morgan fingerprint density at radius 2 is 1.90 bits per heavy atom. The van der Waals surface area contributed by atoms with Gasteiger partial charge in [-0.3, -0.25) is 4.90 Å². The second-order valence-electron chi connectivity index (χ2n) is 7.21. The van der Waals surface area contributed by atoms with E-state index in [1.54, 1.807) is 0 Å². The summed E-state index contributed by atoms with van der Waals surface area (Å²) in [5, 5.41) is 19.3. The van der Waals surface area contributed by atoms with Gasteiger partial charge in [0, 0.05) is 19.7 Å². The molecular formula is C16H31NO3. The molecule has 0 amide bonds. The van der Waals surface area contributed by atoms with E-state index in [4.69, 9.17) is 9.84 Å². The van der Waals surface area contributed by atoms with Crippen LogP contribution in [0.1, 0.15) is 52.9 Å². The maximum Gasteiger partial charge on any atom is 0.216 e. The van der Waals surface area contributed by atoms with Gasteiger partial charge in [-0.2, -0.15) is 0 Å². The first-order chi connectivity index (χ1) is 9.45. The highest BCUT2D eigenvalue weighted by Crippen LogP contribution is 2.44. The largest absolute Gasteiger partial charge is 0.396 e. The topological polar surface area (TPSA) is 52.9 Å². The molecule has 0 aromatic rings. The number of hydrogen-bond acceptors (Lipinski definition) is 4. The first-order valence-electron chi connectivity index (χ1n) is 8.16. The Labute approximate surface area is 123 Å². The third kappa shape index (κ3) is 4.42. The first kappa shape index (κ1) is 16.2. The molecule has 1 aliphatic carbocycles. The van der Waals surface area contributed by atoms with Crippen molar-refractivity contribution < 1.29 is 14.9 Å². The van der Waals surface area contributed by atoms with Gasteiger partial charge < -0.3 is 14.9 Å². The molecule has 0 spiro atoms.